The molecule has 11 nitrogen and oxygen atoms in total. The molecule has 0 aliphatic carbocycles. The first-order valence-corrected chi connectivity index (χ1v) is 18.3. The fourth-order valence-electron chi connectivity index (χ4n) is 7.79. The molecule has 12 heteroatoms. The number of nitrogens with zero attached hydrogens (tertiary/aromatic N) is 2. The highest BCUT2D eigenvalue weighted by Crippen LogP contribution is 2.60. The summed E-state index contributed by atoms with van der Waals surface area (Å²) in [6.07, 6.45) is 5.34. The highest BCUT2D eigenvalue weighted by molar-refractivity contribution is 9.09. The summed E-state index contributed by atoms with van der Waals surface area (Å²) >= 11 is 3.74. The van der Waals surface area contributed by atoms with Crippen LogP contribution in [-0.2, 0) is 33.4 Å². The van der Waals surface area contributed by atoms with Gasteiger partial charge in [-0.2, -0.15) is 0 Å². The minimum atomic E-state index is -1.26. The molecule has 2 unspecified atom stereocenters. The zero-order chi connectivity index (χ0) is 35.7. The first kappa shape index (κ1) is 38.7. The number of allylic oxidation sites excluding steroid dienone is 1. The van der Waals surface area contributed by atoms with E-state index in [2.05, 4.69) is 41.3 Å². The standard InChI is InChI=1S/C37H52BrN3O8/c1-6-9-18-28(43)39-27(23-47-5)31(25-16-11-10-12-17-25)48-36(46)29-30-34(44)41(20-13-14-21-42)33(37(30)22-26(38)32(29)49-37)35(45)40(19-8-3)24(4)15-7-2/h6,8,10-12,16-17,24,26-27,29-33,42H,1,3,7,9,13-15,18-23H2,2,4-5H3,(H,39,43)/t24?,26?,27-,29-,30+,31-,32-,33-,37+/m0/s1. The Hall–Kier alpha value is -3.06. The Kier molecular flexibility index (Phi) is 14.0. The third-order valence-corrected chi connectivity index (χ3v) is 10.8. The number of benzene rings is 1. The van der Waals surface area contributed by atoms with E-state index in [0.717, 1.165) is 12.8 Å². The van der Waals surface area contributed by atoms with Gasteiger partial charge in [0.05, 0.1) is 30.6 Å². The van der Waals surface area contributed by atoms with Crippen LogP contribution in [0.5, 0.6) is 0 Å². The van der Waals surface area contributed by atoms with Gasteiger partial charge >= 0.3 is 5.97 Å². The molecular weight excluding hydrogens is 694 g/mol. The van der Waals surface area contributed by atoms with Gasteiger partial charge in [0.15, 0.2) is 0 Å². The number of carbonyl (C=O) groups is 4. The number of fused-ring (bicyclic) bond motifs is 1. The van der Waals surface area contributed by atoms with E-state index in [1.807, 2.05) is 37.3 Å². The van der Waals surface area contributed by atoms with Crippen LogP contribution in [-0.4, -0.2) is 107 Å². The van der Waals surface area contributed by atoms with Crippen LogP contribution in [0.2, 0.25) is 0 Å². The van der Waals surface area contributed by atoms with Crippen molar-refractivity contribution in [1.82, 2.24) is 15.1 Å². The molecule has 2 N–H and O–H groups in total. The summed E-state index contributed by atoms with van der Waals surface area (Å²) in [5, 5.41) is 12.5. The topological polar surface area (TPSA) is 135 Å². The summed E-state index contributed by atoms with van der Waals surface area (Å²) in [5.74, 6) is -3.41. The molecule has 1 aromatic carbocycles. The number of aliphatic hydroxyl groups is 1. The zero-order valence-electron chi connectivity index (χ0n) is 28.9. The van der Waals surface area contributed by atoms with Crippen LogP contribution in [0.3, 0.4) is 0 Å². The minimum Gasteiger partial charge on any atom is -0.455 e. The van der Waals surface area contributed by atoms with Crippen molar-refractivity contribution in [2.75, 3.05) is 33.4 Å². The van der Waals surface area contributed by atoms with E-state index in [1.165, 1.54) is 7.11 Å². The summed E-state index contributed by atoms with van der Waals surface area (Å²) in [5.41, 5.74) is -0.605. The van der Waals surface area contributed by atoms with Gasteiger partial charge in [-0.05, 0) is 44.6 Å². The first-order valence-electron chi connectivity index (χ1n) is 17.4. The van der Waals surface area contributed by atoms with E-state index in [-0.39, 0.29) is 54.8 Å². The van der Waals surface area contributed by atoms with Crippen LogP contribution in [0, 0.1) is 11.8 Å². The van der Waals surface area contributed by atoms with Crippen molar-refractivity contribution in [2.24, 2.45) is 11.8 Å². The average Bonchev–Trinajstić information content (AvgIpc) is 3.68. The van der Waals surface area contributed by atoms with E-state index in [9.17, 15) is 24.3 Å². The summed E-state index contributed by atoms with van der Waals surface area (Å²) in [6.45, 7) is 12.2. The van der Waals surface area contributed by atoms with Gasteiger partial charge < -0.3 is 34.4 Å². The van der Waals surface area contributed by atoms with E-state index >= 15 is 0 Å². The number of halogens is 1. The second-order valence-corrected chi connectivity index (χ2v) is 14.4. The fourth-order valence-corrected chi connectivity index (χ4v) is 8.74. The third-order valence-electron chi connectivity index (χ3n) is 9.95. The van der Waals surface area contributed by atoms with Crippen LogP contribution < -0.4 is 5.32 Å². The number of carbonyl (C=O) groups excluding carboxylic acids is 4. The molecule has 0 aromatic heterocycles. The second kappa shape index (κ2) is 17.7. The molecule has 2 bridgehead atoms. The molecule has 1 aromatic rings. The Labute approximate surface area is 298 Å². The molecule has 270 valence electrons. The number of esters is 1. The molecule has 4 rings (SSSR count). The van der Waals surface area contributed by atoms with Crippen molar-refractivity contribution in [3.63, 3.8) is 0 Å². The van der Waals surface area contributed by atoms with Crippen LogP contribution in [0.15, 0.2) is 55.6 Å². The number of methoxy groups -OCH3 is 1. The average molecular weight is 747 g/mol. The number of ether oxygens (including phenoxy) is 3. The lowest BCUT2D eigenvalue weighted by molar-refractivity contribution is -0.163. The maximum atomic E-state index is 14.6. The van der Waals surface area contributed by atoms with Gasteiger partial charge in [-0.25, -0.2) is 0 Å². The number of rotatable bonds is 20. The number of unbranched alkanes of at least 4 members (excludes halogenated alkanes) is 1. The zero-order valence-corrected chi connectivity index (χ0v) is 30.5. The van der Waals surface area contributed by atoms with E-state index in [0.29, 0.717) is 37.8 Å². The highest BCUT2D eigenvalue weighted by atomic mass is 79.9. The molecule has 0 radical (unpaired) electrons. The maximum absolute atomic E-state index is 14.6. The number of nitrogens with one attached hydrogen (secondary N) is 1. The molecule has 49 heavy (non-hydrogen) atoms. The predicted octanol–water partition coefficient (Wildman–Crippen LogP) is 4.09. The highest BCUT2D eigenvalue weighted by Gasteiger charge is 2.77. The number of hydrogen-bond donors (Lipinski definition) is 2. The minimum absolute atomic E-state index is 0.0457. The predicted molar refractivity (Wildman–Crippen MR) is 189 cm³/mol. The smallest absolute Gasteiger partial charge is 0.313 e. The van der Waals surface area contributed by atoms with Crippen molar-refractivity contribution in [3.05, 3.63) is 61.2 Å². The molecule has 3 fully saturated rings. The van der Waals surface area contributed by atoms with Gasteiger partial charge in [0.2, 0.25) is 17.7 Å². The van der Waals surface area contributed by atoms with Crippen molar-refractivity contribution < 1.29 is 38.5 Å². The number of hydrogen-bond acceptors (Lipinski definition) is 8. The normalized spacial score (nSPS) is 27.2. The maximum Gasteiger partial charge on any atom is 0.313 e. The van der Waals surface area contributed by atoms with E-state index < -0.39 is 47.7 Å². The van der Waals surface area contributed by atoms with Crippen LogP contribution in [0.4, 0.5) is 0 Å². The van der Waals surface area contributed by atoms with Crippen LogP contribution >= 0.6 is 15.9 Å². The lowest BCUT2D eigenvalue weighted by Crippen LogP contribution is -2.58. The lowest BCUT2D eigenvalue weighted by atomic mass is 9.70. The summed E-state index contributed by atoms with van der Waals surface area (Å²) in [6, 6.07) is 7.32. The lowest BCUT2D eigenvalue weighted by Gasteiger charge is -2.39. The van der Waals surface area contributed by atoms with E-state index in [4.69, 9.17) is 14.2 Å². The number of likely N-dealkylation sites (tertiary alicyclic amines) is 1. The van der Waals surface area contributed by atoms with Gasteiger partial charge in [0.1, 0.15) is 17.7 Å². The van der Waals surface area contributed by atoms with Crippen molar-refractivity contribution in [2.45, 2.75) is 99.6 Å². The third kappa shape index (κ3) is 8.13. The number of aliphatic hydroxyl groups excluding tert-OH is 1. The van der Waals surface area contributed by atoms with E-state index in [1.54, 1.807) is 22.0 Å². The monoisotopic (exact) mass is 745 g/mol. The molecule has 3 heterocycles. The van der Waals surface area contributed by atoms with Crippen LogP contribution in [0.1, 0.15) is 70.5 Å². The Balaban J connectivity index is 1.72. The molecule has 3 saturated heterocycles. The Morgan fingerprint density at radius 2 is 1.96 bits per heavy atom. The SMILES string of the molecule is C=CCCC(=O)N[C@@H](COC)[C@@H](OC(=O)[C@@H]1[C@H]2O[C@@]3(CC2Br)[C@H](C(=O)N(CC=C)C(C)CCC)N(CCCCO)C(=O)[C@@H]13)c1ccccc1. The summed E-state index contributed by atoms with van der Waals surface area (Å²) < 4.78 is 18.5. The van der Waals surface area contributed by atoms with Gasteiger partial charge in [-0.1, -0.05) is 71.8 Å². The largest absolute Gasteiger partial charge is 0.455 e. The second-order valence-electron chi connectivity index (χ2n) is 13.3. The van der Waals surface area contributed by atoms with Crippen molar-refractivity contribution >= 4 is 39.6 Å². The molecule has 9 atom stereocenters. The van der Waals surface area contributed by atoms with Gasteiger partial charge in [-0.3, -0.25) is 19.2 Å². The summed E-state index contributed by atoms with van der Waals surface area (Å²) in [4.78, 5) is 59.5. The molecule has 3 aliphatic rings. The Bertz CT molecular complexity index is 1330. The number of alkyl halides is 1. The van der Waals surface area contributed by atoms with Crippen LogP contribution in [0.25, 0.3) is 0 Å². The molecule has 3 aliphatic heterocycles. The van der Waals surface area contributed by atoms with Gasteiger partial charge in [0, 0.05) is 44.1 Å². The molecule has 1 spiro atoms. The van der Waals surface area contributed by atoms with Crippen molar-refractivity contribution in [3.8, 4) is 0 Å². The summed E-state index contributed by atoms with van der Waals surface area (Å²) in [7, 11) is 1.51. The Morgan fingerprint density at radius 3 is 2.59 bits per heavy atom. The number of amides is 3. The fraction of sp³-hybridized carbons (Fsp3) is 0.622. The van der Waals surface area contributed by atoms with Gasteiger partial charge in [0.25, 0.3) is 0 Å². The quantitative estimate of drug-likeness (QED) is 0.0883. The molecule has 0 saturated carbocycles. The molecular formula is C37H52BrN3O8. The first-order chi connectivity index (χ1) is 23.6. The Morgan fingerprint density at radius 1 is 1.22 bits per heavy atom. The van der Waals surface area contributed by atoms with Crippen molar-refractivity contribution in [1.29, 1.82) is 0 Å². The molecule has 3 amide bonds. The van der Waals surface area contributed by atoms with Gasteiger partial charge in [-0.15, -0.1) is 13.2 Å².